The van der Waals surface area contributed by atoms with Crippen molar-refractivity contribution in [2.75, 3.05) is 0 Å². The van der Waals surface area contributed by atoms with Crippen molar-refractivity contribution in [3.05, 3.63) is 0 Å². The Kier molecular flexibility index (Phi) is 792. The summed E-state index contributed by atoms with van der Waals surface area (Å²) >= 11 is 0. The first-order valence-electron chi connectivity index (χ1n) is 0.781. The van der Waals surface area contributed by atoms with Gasteiger partial charge in [0.25, 0.3) is 6.26 Å². The summed E-state index contributed by atoms with van der Waals surface area (Å²) in [7, 11) is 0. The van der Waals surface area contributed by atoms with Crippen molar-refractivity contribution in [1.82, 2.24) is 0 Å². The SMILES string of the molecule is C#C.N#CO. The number of rotatable bonds is 0. The zero-order valence-electron chi connectivity index (χ0n) is 2.55. The molecule has 0 aromatic rings. The molecule has 0 aromatic heterocycles. The van der Waals surface area contributed by atoms with Gasteiger partial charge in [0.15, 0.2) is 0 Å². The molecule has 0 radical (unpaired) electrons. The van der Waals surface area contributed by atoms with Gasteiger partial charge in [0.1, 0.15) is 0 Å². The first kappa shape index (κ1) is 9.14. The summed E-state index contributed by atoms with van der Waals surface area (Å²) in [5.41, 5.74) is 0. The van der Waals surface area contributed by atoms with E-state index in [1.807, 2.05) is 0 Å². The lowest BCUT2D eigenvalue weighted by Crippen LogP contribution is -1.27. The summed E-state index contributed by atoms with van der Waals surface area (Å²) in [6.45, 7) is 0. The van der Waals surface area contributed by atoms with Gasteiger partial charge in [-0.1, -0.05) is 0 Å². The third kappa shape index (κ3) is 1.56. The fourth-order valence-electron chi connectivity index (χ4n) is 0. The van der Waals surface area contributed by atoms with Crippen LogP contribution in [0.4, 0.5) is 0 Å². The van der Waals surface area contributed by atoms with Gasteiger partial charge in [0.05, 0.1) is 0 Å². The molecule has 0 unspecified atom stereocenters. The first-order chi connectivity index (χ1) is 2.41. The lowest BCUT2D eigenvalue weighted by atomic mass is 11.4. The average molecular weight is 69.1 g/mol. The van der Waals surface area contributed by atoms with Crippen LogP contribution in [0.2, 0.25) is 0 Å². The van der Waals surface area contributed by atoms with E-state index in [1.165, 1.54) is 0 Å². The van der Waals surface area contributed by atoms with Gasteiger partial charge in [0, 0.05) is 0 Å². The summed E-state index contributed by atoms with van der Waals surface area (Å²) in [5, 5.41) is 13.8. The van der Waals surface area contributed by atoms with Crippen molar-refractivity contribution in [2.24, 2.45) is 0 Å². The highest BCUT2D eigenvalue weighted by Gasteiger charge is 1.16. The molecule has 1 N–H and O–H groups in total. The average Bonchev–Trinajstić information content (AvgIpc) is 1.46. The molecule has 0 amide bonds. The van der Waals surface area contributed by atoms with E-state index in [0.29, 0.717) is 0 Å². The van der Waals surface area contributed by atoms with Gasteiger partial charge in [-0.3, -0.25) is 0 Å². The Balaban J connectivity index is 0. The highest BCUT2D eigenvalue weighted by molar-refractivity contribution is 4.47. The van der Waals surface area contributed by atoms with Crippen molar-refractivity contribution >= 4 is 0 Å². The maximum absolute atomic E-state index is 6.88. The molecule has 0 bridgehead atoms. The second kappa shape index (κ2) is 434. The summed E-state index contributed by atoms with van der Waals surface area (Å²) in [4.78, 5) is 0. The van der Waals surface area contributed by atoms with Crippen molar-refractivity contribution in [3.8, 4) is 19.1 Å². The van der Waals surface area contributed by atoms with E-state index in [2.05, 4.69) is 12.8 Å². The quantitative estimate of drug-likeness (QED) is 0.323. The van der Waals surface area contributed by atoms with Gasteiger partial charge in [-0.05, 0) is 0 Å². The van der Waals surface area contributed by atoms with Crippen molar-refractivity contribution in [2.45, 2.75) is 0 Å². The van der Waals surface area contributed by atoms with E-state index < -0.39 is 0 Å². The molecule has 2 heteroatoms. The van der Waals surface area contributed by atoms with Gasteiger partial charge in [-0.2, -0.15) is 5.26 Å². The Morgan fingerprint density at radius 2 is 1.60 bits per heavy atom. The zero-order chi connectivity index (χ0) is 4.71. The normalized spacial score (nSPS) is 1.80. The predicted octanol–water partition coefficient (Wildman–Crippen LogP) is 0.0894. The largest absolute Gasteiger partial charge is 0.443 e. The van der Waals surface area contributed by atoms with Gasteiger partial charge in [0.2, 0.25) is 0 Å². The van der Waals surface area contributed by atoms with Crippen LogP contribution in [-0.2, 0) is 0 Å². The predicted molar refractivity (Wildman–Crippen MR) is 17.4 cm³/mol. The summed E-state index contributed by atoms with van der Waals surface area (Å²) < 4.78 is 0. The molecule has 0 saturated heterocycles. The number of nitrogens with zero attached hydrogens (tertiary/aromatic N) is 1. The summed E-state index contributed by atoms with van der Waals surface area (Å²) in [6.07, 6.45) is 8.75. The molecule has 0 spiro atoms. The third-order valence-corrected chi connectivity index (χ3v) is 0. The molecule has 0 saturated carbocycles. The Morgan fingerprint density at radius 1 is 1.60 bits per heavy atom. The van der Waals surface area contributed by atoms with E-state index >= 15 is 0 Å². The van der Waals surface area contributed by atoms with Crippen LogP contribution >= 0.6 is 0 Å². The molecule has 0 aromatic carbocycles. The second-order valence-corrected chi connectivity index (χ2v) is 0.100. The number of hydrogen-bond donors (Lipinski definition) is 1. The van der Waals surface area contributed by atoms with Crippen LogP contribution in [0.1, 0.15) is 0 Å². The molecule has 26 valence electrons. The minimum Gasteiger partial charge on any atom is -0.443 e. The molecular weight excluding hydrogens is 66.0 g/mol. The lowest BCUT2D eigenvalue weighted by Gasteiger charge is -1.25. The van der Waals surface area contributed by atoms with E-state index in [9.17, 15) is 0 Å². The lowest BCUT2D eigenvalue weighted by molar-refractivity contribution is 0.503. The Labute approximate surface area is 30.7 Å². The number of terminal acetylenes is 1. The fraction of sp³-hybridized carbons (Fsp3) is 0. The minimum absolute atomic E-state index is 0.750. The van der Waals surface area contributed by atoms with Crippen LogP contribution in [0, 0.1) is 24.4 Å². The van der Waals surface area contributed by atoms with Gasteiger partial charge >= 0.3 is 0 Å². The number of nitriles is 1. The van der Waals surface area contributed by atoms with Gasteiger partial charge in [-0.15, -0.1) is 12.8 Å². The first-order valence-corrected chi connectivity index (χ1v) is 0.781. The van der Waals surface area contributed by atoms with E-state index in [-0.39, 0.29) is 0 Å². The van der Waals surface area contributed by atoms with Crippen LogP contribution in [0.25, 0.3) is 0 Å². The smallest absolute Gasteiger partial charge is 0.283 e. The fourth-order valence-corrected chi connectivity index (χ4v) is 0. The molecule has 2 nitrogen and oxygen atoms in total. The van der Waals surface area contributed by atoms with Crippen molar-refractivity contribution in [1.29, 1.82) is 5.26 Å². The summed E-state index contributed by atoms with van der Waals surface area (Å²) in [6, 6.07) is 0. The van der Waals surface area contributed by atoms with Crippen LogP contribution in [0.5, 0.6) is 0 Å². The molecule has 0 aliphatic heterocycles. The highest BCUT2D eigenvalue weighted by Crippen LogP contribution is 1.06. The van der Waals surface area contributed by atoms with Crippen LogP contribution in [-0.4, -0.2) is 5.11 Å². The minimum atomic E-state index is 0.750. The van der Waals surface area contributed by atoms with Crippen molar-refractivity contribution in [3.63, 3.8) is 0 Å². The van der Waals surface area contributed by atoms with Gasteiger partial charge in [-0.25, -0.2) is 0 Å². The molecule has 0 heterocycles. The summed E-state index contributed by atoms with van der Waals surface area (Å²) in [5.74, 6) is 0. The van der Waals surface area contributed by atoms with Crippen molar-refractivity contribution < 1.29 is 5.11 Å². The van der Waals surface area contributed by atoms with E-state index in [0.717, 1.165) is 6.26 Å². The number of aliphatic hydroxyl groups is 1. The Bertz CT molecular complexity index is 49.6. The number of hydrogen-bond acceptors (Lipinski definition) is 2. The topological polar surface area (TPSA) is 44.0 Å². The monoisotopic (exact) mass is 69.0 g/mol. The maximum Gasteiger partial charge on any atom is 0.283 e. The number of aliphatic hydroxyl groups excluding tert-OH is 1. The molecule has 0 aliphatic rings. The van der Waals surface area contributed by atoms with Crippen LogP contribution in [0.3, 0.4) is 0 Å². The molecule has 0 aliphatic carbocycles. The maximum atomic E-state index is 6.88. The highest BCUT2D eigenvalue weighted by atomic mass is 16.2. The Morgan fingerprint density at radius 3 is 1.60 bits per heavy atom. The third-order valence-electron chi connectivity index (χ3n) is 0. The second-order valence-electron chi connectivity index (χ2n) is 0.100. The van der Waals surface area contributed by atoms with Crippen LogP contribution in [0.15, 0.2) is 0 Å². The zero-order valence-corrected chi connectivity index (χ0v) is 2.55. The standard InChI is InChI=1S/C2H2.CHNO/c1-2;2-1-3/h1-2H;3H. The van der Waals surface area contributed by atoms with E-state index in [4.69, 9.17) is 10.4 Å². The molecule has 0 atom stereocenters. The molecule has 5 heavy (non-hydrogen) atoms. The van der Waals surface area contributed by atoms with E-state index in [1.54, 1.807) is 0 Å². The van der Waals surface area contributed by atoms with Gasteiger partial charge < -0.3 is 5.11 Å². The Hall–Kier alpha value is -1.15. The molecular formula is C3H3NO. The molecule has 0 rings (SSSR count). The molecule has 0 fully saturated rings. The van der Waals surface area contributed by atoms with Crippen LogP contribution < -0.4 is 0 Å².